The van der Waals surface area contributed by atoms with E-state index in [-0.39, 0.29) is 12.1 Å². The van der Waals surface area contributed by atoms with E-state index >= 15 is 0 Å². The first-order valence-corrected chi connectivity index (χ1v) is 9.81. The van der Waals surface area contributed by atoms with Crippen molar-refractivity contribution in [3.8, 4) is 0 Å². The maximum Gasteiger partial charge on any atom is 0.141 e. The van der Waals surface area contributed by atoms with Crippen molar-refractivity contribution < 1.29 is 4.74 Å². The third-order valence-corrected chi connectivity index (χ3v) is 5.70. The Kier molecular flexibility index (Phi) is 5.00. The third kappa shape index (κ3) is 3.43. The average molecular weight is 347 g/mol. The number of nitrogens with zero attached hydrogens (tertiary/aromatic N) is 2. The molecule has 2 aliphatic heterocycles. The molecule has 4 heteroatoms. The number of ether oxygens (including phenoxy) is 1. The highest BCUT2D eigenvalue weighted by molar-refractivity contribution is 6.31. The van der Waals surface area contributed by atoms with E-state index in [1.54, 1.807) is 0 Å². The van der Waals surface area contributed by atoms with Gasteiger partial charge in [0.05, 0.1) is 11.7 Å². The number of likely N-dealkylation sites (tertiary alicyclic amines) is 1. The van der Waals surface area contributed by atoms with Crippen LogP contribution in [0.1, 0.15) is 38.5 Å². The number of piperidine rings is 1. The van der Waals surface area contributed by atoms with Gasteiger partial charge in [-0.05, 0) is 76.0 Å². The fourth-order valence-corrected chi connectivity index (χ4v) is 4.42. The predicted molar refractivity (Wildman–Crippen MR) is 98.8 cm³/mol. The molecule has 2 heterocycles. The molecule has 0 radical (unpaired) electrons. The lowest BCUT2D eigenvalue weighted by atomic mass is 9.97. The Balaban J connectivity index is 1.45. The van der Waals surface area contributed by atoms with Gasteiger partial charge < -0.3 is 14.5 Å². The normalized spacial score (nSPS) is 29.9. The Hall–Kier alpha value is -1.19. The fourth-order valence-electron chi connectivity index (χ4n) is 4.22. The van der Waals surface area contributed by atoms with E-state index in [1.807, 2.05) is 6.08 Å². The topological polar surface area (TPSA) is 15.7 Å². The van der Waals surface area contributed by atoms with Crippen LogP contribution in [0.2, 0.25) is 0 Å². The van der Waals surface area contributed by atoms with Gasteiger partial charge >= 0.3 is 0 Å². The summed E-state index contributed by atoms with van der Waals surface area (Å²) in [5.41, 5.74) is 1.28. The molecule has 0 bridgehead atoms. The Morgan fingerprint density at radius 2 is 1.92 bits per heavy atom. The standard InChI is InChI=1S/C20H27ClN2O/c21-16-9-10-20-18(15-16)23(17-7-2-3-8-19(17)24-20)14-6-13-22-11-4-1-5-12-22/h7-10,15,18,20H,1-6,11-14H2. The van der Waals surface area contributed by atoms with Crippen LogP contribution in [0.5, 0.6) is 0 Å². The summed E-state index contributed by atoms with van der Waals surface area (Å²) >= 11 is 6.28. The highest BCUT2D eigenvalue weighted by atomic mass is 35.5. The molecule has 2 aliphatic carbocycles. The van der Waals surface area contributed by atoms with Gasteiger partial charge in [0, 0.05) is 11.6 Å². The maximum atomic E-state index is 6.28. The summed E-state index contributed by atoms with van der Waals surface area (Å²) in [7, 11) is 0. The number of fused-ring (bicyclic) bond motifs is 2. The number of hydrogen-bond donors (Lipinski definition) is 0. The summed E-state index contributed by atoms with van der Waals surface area (Å²) in [6.45, 7) is 4.82. The molecule has 130 valence electrons. The van der Waals surface area contributed by atoms with E-state index in [2.05, 4.69) is 34.1 Å². The van der Waals surface area contributed by atoms with E-state index in [0.717, 1.165) is 30.2 Å². The number of hydrogen-bond acceptors (Lipinski definition) is 3. The minimum atomic E-state index is 0.0870. The highest BCUT2D eigenvalue weighted by Gasteiger charge is 2.37. The molecule has 24 heavy (non-hydrogen) atoms. The molecule has 3 nitrogen and oxygen atoms in total. The summed E-state index contributed by atoms with van der Waals surface area (Å²) in [5, 5.41) is 0.824. The van der Waals surface area contributed by atoms with Gasteiger partial charge in [-0.15, -0.1) is 0 Å². The van der Waals surface area contributed by atoms with Crippen LogP contribution in [0.15, 0.2) is 46.9 Å². The molecule has 0 aromatic carbocycles. The van der Waals surface area contributed by atoms with Crippen molar-refractivity contribution in [3.05, 3.63) is 46.9 Å². The summed E-state index contributed by atoms with van der Waals surface area (Å²) in [6, 6.07) is 0.227. The zero-order valence-electron chi connectivity index (χ0n) is 14.3. The number of morpholine rings is 1. The van der Waals surface area contributed by atoms with Crippen LogP contribution in [0.25, 0.3) is 0 Å². The van der Waals surface area contributed by atoms with Crippen LogP contribution < -0.4 is 0 Å². The van der Waals surface area contributed by atoms with Crippen LogP contribution in [0, 0.1) is 0 Å². The molecule has 4 aliphatic rings. The second-order valence-corrected chi connectivity index (χ2v) is 7.60. The zero-order valence-corrected chi connectivity index (χ0v) is 15.0. The second-order valence-electron chi connectivity index (χ2n) is 7.17. The molecular weight excluding hydrogens is 320 g/mol. The van der Waals surface area contributed by atoms with Crippen molar-refractivity contribution in [3.63, 3.8) is 0 Å². The first-order chi connectivity index (χ1) is 11.8. The SMILES string of the molecule is ClC1=CC2C(C=C1)OC1=CCCC=C1N2CCCN1CCCCC1. The van der Waals surface area contributed by atoms with Crippen molar-refractivity contribution in [2.24, 2.45) is 0 Å². The molecule has 2 unspecified atom stereocenters. The van der Waals surface area contributed by atoms with E-state index in [1.165, 1.54) is 51.0 Å². The lowest BCUT2D eigenvalue weighted by Gasteiger charge is -2.45. The third-order valence-electron chi connectivity index (χ3n) is 5.45. The first kappa shape index (κ1) is 16.3. The summed E-state index contributed by atoms with van der Waals surface area (Å²) < 4.78 is 6.22. The van der Waals surface area contributed by atoms with E-state index in [9.17, 15) is 0 Å². The predicted octanol–water partition coefficient (Wildman–Crippen LogP) is 4.19. The quantitative estimate of drug-likeness (QED) is 0.759. The summed E-state index contributed by atoms with van der Waals surface area (Å²) in [5.74, 6) is 1.07. The Labute approximate surface area is 150 Å². The van der Waals surface area contributed by atoms with Gasteiger partial charge in [-0.1, -0.05) is 24.1 Å². The van der Waals surface area contributed by atoms with Crippen LogP contribution in [-0.4, -0.2) is 48.1 Å². The average Bonchev–Trinajstić information content (AvgIpc) is 2.62. The smallest absolute Gasteiger partial charge is 0.141 e. The summed E-state index contributed by atoms with van der Waals surface area (Å²) in [6.07, 6.45) is 18.4. The van der Waals surface area contributed by atoms with Gasteiger partial charge in [0.15, 0.2) is 0 Å². The molecule has 2 fully saturated rings. The lowest BCUT2D eigenvalue weighted by molar-refractivity contribution is 0.0414. The van der Waals surface area contributed by atoms with Crippen molar-refractivity contribution in [2.75, 3.05) is 26.2 Å². The lowest BCUT2D eigenvalue weighted by Crippen LogP contribution is -2.49. The van der Waals surface area contributed by atoms with Gasteiger partial charge in [0.25, 0.3) is 0 Å². The largest absolute Gasteiger partial charge is 0.482 e. The van der Waals surface area contributed by atoms with Crippen molar-refractivity contribution in [2.45, 2.75) is 50.7 Å². The Morgan fingerprint density at radius 1 is 1.08 bits per heavy atom. The van der Waals surface area contributed by atoms with Crippen LogP contribution in [0.3, 0.4) is 0 Å². The molecule has 2 saturated heterocycles. The van der Waals surface area contributed by atoms with E-state index in [0.29, 0.717) is 0 Å². The minimum absolute atomic E-state index is 0.0870. The van der Waals surface area contributed by atoms with Gasteiger partial charge in [-0.3, -0.25) is 0 Å². The van der Waals surface area contributed by atoms with E-state index in [4.69, 9.17) is 16.3 Å². The molecule has 0 aromatic rings. The van der Waals surface area contributed by atoms with Crippen molar-refractivity contribution in [1.82, 2.24) is 9.80 Å². The van der Waals surface area contributed by atoms with Crippen LogP contribution in [0.4, 0.5) is 0 Å². The summed E-state index contributed by atoms with van der Waals surface area (Å²) in [4.78, 5) is 5.14. The monoisotopic (exact) mass is 346 g/mol. The molecule has 0 aromatic heterocycles. The van der Waals surface area contributed by atoms with Crippen molar-refractivity contribution in [1.29, 1.82) is 0 Å². The van der Waals surface area contributed by atoms with Gasteiger partial charge in [0.2, 0.25) is 0 Å². The molecule has 0 N–H and O–H groups in total. The molecule has 4 rings (SSSR count). The number of allylic oxidation sites excluding steroid dienone is 4. The fraction of sp³-hybridized carbons (Fsp3) is 0.600. The van der Waals surface area contributed by atoms with Crippen LogP contribution in [-0.2, 0) is 4.74 Å². The molecule has 0 amide bonds. The highest BCUT2D eigenvalue weighted by Crippen LogP contribution is 2.36. The maximum absolute atomic E-state index is 6.28. The number of rotatable bonds is 4. The van der Waals surface area contributed by atoms with Crippen molar-refractivity contribution >= 4 is 11.6 Å². The van der Waals surface area contributed by atoms with Crippen LogP contribution >= 0.6 is 11.6 Å². The first-order valence-electron chi connectivity index (χ1n) is 9.43. The Bertz CT molecular complexity index is 586. The van der Waals surface area contributed by atoms with Gasteiger partial charge in [-0.2, -0.15) is 0 Å². The van der Waals surface area contributed by atoms with Gasteiger partial charge in [-0.25, -0.2) is 0 Å². The number of halogens is 1. The minimum Gasteiger partial charge on any atom is -0.482 e. The van der Waals surface area contributed by atoms with E-state index < -0.39 is 0 Å². The molecule has 2 atom stereocenters. The second kappa shape index (κ2) is 7.37. The van der Waals surface area contributed by atoms with Gasteiger partial charge in [0.1, 0.15) is 11.9 Å². The molecule has 0 saturated carbocycles. The zero-order chi connectivity index (χ0) is 16.4. The molecular formula is C20H27ClN2O. The Morgan fingerprint density at radius 3 is 2.79 bits per heavy atom. The molecule has 0 spiro atoms.